The van der Waals surface area contributed by atoms with Gasteiger partial charge in [-0.25, -0.2) is 4.39 Å². The van der Waals surface area contributed by atoms with Crippen LogP contribution in [0.3, 0.4) is 0 Å². The van der Waals surface area contributed by atoms with Gasteiger partial charge in [0.05, 0.1) is 5.54 Å². The lowest BCUT2D eigenvalue weighted by molar-refractivity contribution is 0.102. The number of hydrogen-bond acceptors (Lipinski definition) is 4. The van der Waals surface area contributed by atoms with Crippen LogP contribution in [0, 0.1) is 12.7 Å². The highest BCUT2D eigenvalue weighted by molar-refractivity contribution is 8.13. The van der Waals surface area contributed by atoms with Gasteiger partial charge in [0.25, 0.3) is 5.91 Å². The molecular weight excluding hydrogens is 337 g/mol. The molecule has 2 aromatic rings. The summed E-state index contributed by atoms with van der Waals surface area (Å²) < 4.78 is 13.7. The van der Waals surface area contributed by atoms with Crippen molar-refractivity contribution in [2.24, 2.45) is 10.7 Å². The Balaban J connectivity index is 1.83. The van der Waals surface area contributed by atoms with Crippen molar-refractivity contribution in [1.29, 1.82) is 0 Å². The average molecular weight is 357 g/mol. The molecule has 130 valence electrons. The summed E-state index contributed by atoms with van der Waals surface area (Å²) in [4.78, 5) is 16.9. The Morgan fingerprint density at radius 1 is 1.32 bits per heavy atom. The molecule has 0 aliphatic carbocycles. The van der Waals surface area contributed by atoms with Crippen LogP contribution in [0.2, 0.25) is 0 Å². The van der Waals surface area contributed by atoms with Crippen molar-refractivity contribution in [2.75, 3.05) is 11.1 Å². The zero-order valence-corrected chi connectivity index (χ0v) is 15.0. The first kappa shape index (κ1) is 17.5. The summed E-state index contributed by atoms with van der Waals surface area (Å²) in [5.41, 5.74) is 7.92. The lowest BCUT2D eigenvalue weighted by Gasteiger charge is -2.30. The maximum atomic E-state index is 13.7. The number of benzene rings is 2. The van der Waals surface area contributed by atoms with Crippen molar-refractivity contribution in [3.05, 3.63) is 65.0 Å². The molecule has 1 amide bonds. The number of halogens is 1. The highest BCUT2D eigenvalue weighted by Gasteiger charge is 2.29. The van der Waals surface area contributed by atoms with E-state index in [1.807, 2.05) is 25.1 Å². The second-order valence-corrected chi connectivity index (χ2v) is 7.44. The van der Waals surface area contributed by atoms with Crippen LogP contribution >= 0.6 is 11.8 Å². The standard InChI is InChI=1S/C19H20FN3OS/c1-12-6-7-13(10-16(12)20)17(24)22-15-5-3-4-14(11-15)19(2)8-9-25-18(21)23-19/h3-7,10-11H,8-9H2,1-2H3,(H2,21,23)(H,22,24). The lowest BCUT2D eigenvalue weighted by Crippen LogP contribution is -2.28. The van der Waals surface area contributed by atoms with Crippen LogP contribution in [-0.4, -0.2) is 16.8 Å². The first-order valence-electron chi connectivity index (χ1n) is 8.03. The summed E-state index contributed by atoms with van der Waals surface area (Å²) in [7, 11) is 0. The third-order valence-electron chi connectivity index (χ3n) is 4.37. The zero-order chi connectivity index (χ0) is 18.0. The fraction of sp³-hybridized carbons (Fsp3) is 0.263. The van der Waals surface area contributed by atoms with Crippen LogP contribution in [0.5, 0.6) is 0 Å². The van der Waals surface area contributed by atoms with Gasteiger partial charge in [-0.2, -0.15) is 0 Å². The van der Waals surface area contributed by atoms with Gasteiger partial charge in [-0.1, -0.05) is 30.0 Å². The number of nitrogens with zero attached hydrogens (tertiary/aromatic N) is 1. The summed E-state index contributed by atoms with van der Waals surface area (Å²) in [6.45, 7) is 3.70. The highest BCUT2D eigenvalue weighted by atomic mass is 32.2. The van der Waals surface area contributed by atoms with Gasteiger partial charge in [0.15, 0.2) is 5.17 Å². The number of carbonyl (C=O) groups excluding carboxylic acids is 1. The molecule has 4 nitrogen and oxygen atoms in total. The summed E-state index contributed by atoms with van der Waals surface area (Å²) in [6.07, 6.45) is 0.874. The van der Waals surface area contributed by atoms with E-state index in [-0.39, 0.29) is 11.5 Å². The number of nitrogens with one attached hydrogen (secondary N) is 1. The van der Waals surface area contributed by atoms with E-state index in [1.54, 1.807) is 36.9 Å². The van der Waals surface area contributed by atoms with Crippen LogP contribution in [0.15, 0.2) is 47.5 Å². The summed E-state index contributed by atoms with van der Waals surface area (Å²) in [6, 6.07) is 12.0. The van der Waals surface area contributed by atoms with E-state index >= 15 is 0 Å². The molecule has 1 heterocycles. The van der Waals surface area contributed by atoms with Crippen LogP contribution in [-0.2, 0) is 5.54 Å². The second kappa shape index (κ2) is 6.88. The molecule has 0 saturated heterocycles. The van der Waals surface area contributed by atoms with Crippen LogP contribution in [0.1, 0.15) is 34.8 Å². The molecule has 1 unspecified atom stereocenters. The molecule has 2 aromatic carbocycles. The largest absolute Gasteiger partial charge is 0.379 e. The van der Waals surface area contributed by atoms with E-state index in [9.17, 15) is 9.18 Å². The van der Waals surface area contributed by atoms with E-state index in [1.165, 1.54) is 6.07 Å². The topological polar surface area (TPSA) is 67.5 Å². The smallest absolute Gasteiger partial charge is 0.255 e. The molecular formula is C19H20FN3OS. The predicted octanol–water partition coefficient (Wildman–Crippen LogP) is 4.05. The minimum absolute atomic E-state index is 0.288. The van der Waals surface area contributed by atoms with Gasteiger partial charge >= 0.3 is 0 Å². The number of thioether (sulfide) groups is 1. The van der Waals surface area contributed by atoms with Crippen molar-refractivity contribution in [3.8, 4) is 0 Å². The molecule has 1 atom stereocenters. The molecule has 3 N–H and O–H groups in total. The fourth-order valence-electron chi connectivity index (χ4n) is 2.76. The Labute approximate surface area is 150 Å². The zero-order valence-electron chi connectivity index (χ0n) is 14.2. The molecule has 0 aromatic heterocycles. The summed E-state index contributed by atoms with van der Waals surface area (Å²) >= 11 is 1.55. The van der Waals surface area contributed by atoms with Gasteiger partial charge in [0.2, 0.25) is 0 Å². The minimum Gasteiger partial charge on any atom is -0.379 e. The maximum Gasteiger partial charge on any atom is 0.255 e. The van der Waals surface area contributed by atoms with Gasteiger partial charge in [0.1, 0.15) is 5.82 Å². The van der Waals surface area contributed by atoms with E-state index in [0.717, 1.165) is 17.7 Å². The molecule has 0 spiro atoms. The second-order valence-electron chi connectivity index (χ2n) is 6.32. The first-order valence-corrected chi connectivity index (χ1v) is 9.02. The molecule has 0 radical (unpaired) electrons. The summed E-state index contributed by atoms with van der Waals surface area (Å²) in [5.74, 6) is 0.173. The minimum atomic E-state index is -0.397. The Kier molecular flexibility index (Phi) is 4.81. The van der Waals surface area contributed by atoms with Crippen molar-refractivity contribution >= 4 is 28.5 Å². The van der Waals surface area contributed by atoms with Crippen molar-refractivity contribution < 1.29 is 9.18 Å². The third kappa shape index (κ3) is 3.85. The lowest BCUT2D eigenvalue weighted by atomic mass is 9.89. The van der Waals surface area contributed by atoms with E-state index < -0.39 is 11.4 Å². The Hall–Kier alpha value is -2.34. The molecule has 6 heteroatoms. The predicted molar refractivity (Wildman–Crippen MR) is 102 cm³/mol. The SMILES string of the molecule is Cc1ccc(C(=O)Nc2cccc(C3(C)CCSC(N)=N3)c2)cc1F. The highest BCUT2D eigenvalue weighted by Crippen LogP contribution is 2.35. The van der Waals surface area contributed by atoms with Crippen molar-refractivity contribution in [3.63, 3.8) is 0 Å². The quantitative estimate of drug-likeness (QED) is 0.871. The normalized spacial score (nSPS) is 20.0. The van der Waals surface area contributed by atoms with Gasteiger partial charge in [-0.05, 0) is 55.7 Å². The fourth-order valence-corrected chi connectivity index (χ4v) is 3.74. The number of amidine groups is 1. The van der Waals surface area contributed by atoms with Crippen LogP contribution in [0.4, 0.5) is 10.1 Å². The first-order chi connectivity index (χ1) is 11.9. The number of aryl methyl sites for hydroxylation is 1. The number of aliphatic imine (C=N–C) groups is 1. The number of anilines is 1. The Bertz CT molecular complexity index is 852. The molecule has 0 bridgehead atoms. The van der Waals surface area contributed by atoms with Gasteiger partial charge < -0.3 is 11.1 Å². The van der Waals surface area contributed by atoms with E-state index in [2.05, 4.69) is 10.3 Å². The van der Waals surface area contributed by atoms with E-state index in [4.69, 9.17) is 5.73 Å². The average Bonchev–Trinajstić information content (AvgIpc) is 2.57. The number of carbonyl (C=O) groups is 1. The third-order valence-corrected chi connectivity index (χ3v) is 5.17. The van der Waals surface area contributed by atoms with Gasteiger partial charge in [0, 0.05) is 17.0 Å². The van der Waals surface area contributed by atoms with Crippen LogP contribution in [0.25, 0.3) is 0 Å². The Morgan fingerprint density at radius 2 is 2.12 bits per heavy atom. The molecule has 1 aliphatic rings. The maximum absolute atomic E-state index is 13.7. The van der Waals surface area contributed by atoms with Crippen molar-refractivity contribution in [2.45, 2.75) is 25.8 Å². The molecule has 0 saturated carbocycles. The number of rotatable bonds is 3. The summed E-state index contributed by atoms with van der Waals surface area (Å²) in [5, 5.41) is 3.40. The monoisotopic (exact) mass is 357 g/mol. The van der Waals surface area contributed by atoms with Crippen LogP contribution < -0.4 is 11.1 Å². The van der Waals surface area contributed by atoms with Crippen molar-refractivity contribution in [1.82, 2.24) is 0 Å². The Morgan fingerprint density at radius 3 is 2.84 bits per heavy atom. The molecule has 1 aliphatic heterocycles. The molecule has 0 fully saturated rings. The number of amides is 1. The van der Waals surface area contributed by atoms with Gasteiger partial charge in [-0.15, -0.1) is 0 Å². The molecule has 25 heavy (non-hydrogen) atoms. The number of hydrogen-bond donors (Lipinski definition) is 2. The number of nitrogens with two attached hydrogens (primary N) is 1. The van der Waals surface area contributed by atoms with E-state index in [0.29, 0.717) is 16.4 Å². The molecule has 3 rings (SSSR count). The van der Waals surface area contributed by atoms with Gasteiger partial charge in [-0.3, -0.25) is 9.79 Å².